The van der Waals surface area contributed by atoms with Crippen molar-refractivity contribution in [2.45, 2.75) is 65.0 Å². The van der Waals surface area contributed by atoms with Crippen LogP contribution in [0, 0.1) is 0 Å². The minimum Gasteiger partial charge on any atom is -0.447 e. The molecule has 3 atom stereocenters. The number of halogens is 3. The lowest BCUT2D eigenvalue weighted by atomic mass is 10.1. The second kappa shape index (κ2) is 10.0. The summed E-state index contributed by atoms with van der Waals surface area (Å²) in [5.74, 6) is 0.537. The first-order chi connectivity index (χ1) is 15.4. The van der Waals surface area contributed by atoms with Crippen LogP contribution >= 0.6 is 11.6 Å². The Morgan fingerprint density at radius 1 is 1.21 bits per heavy atom. The van der Waals surface area contributed by atoms with Crippen LogP contribution in [0.5, 0.6) is 5.75 Å². The van der Waals surface area contributed by atoms with Gasteiger partial charge in [-0.3, -0.25) is 4.90 Å². The van der Waals surface area contributed by atoms with E-state index in [1.165, 1.54) is 23.1 Å². The van der Waals surface area contributed by atoms with Gasteiger partial charge in [0.25, 0.3) is 0 Å². The zero-order valence-electron chi connectivity index (χ0n) is 19.0. The Morgan fingerprint density at radius 2 is 1.88 bits per heavy atom. The first-order valence-corrected chi connectivity index (χ1v) is 10.8. The van der Waals surface area contributed by atoms with Crippen molar-refractivity contribution in [3.8, 4) is 5.75 Å². The molecule has 8 nitrogen and oxygen atoms in total. The number of cyclic esters (lactones) is 1. The van der Waals surface area contributed by atoms with E-state index in [4.69, 9.17) is 21.1 Å². The maximum atomic E-state index is 12.5. The van der Waals surface area contributed by atoms with Gasteiger partial charge in [0, 0.05) is 6.07 Å². The minimum absolute atomic E-state index is 0.0624. The van der Waals surface area contributed by atoms with Crippen LogP contribution in [0.15, 0.2) is 30.3 Å². The summed E-state index contributed by atoms with van der Waals surface area (Å²) in [5.41, 5.74) is 0.380. The smallest absolute Gasteiger partial charge is 0.416 e. The van der Waals surface area contributed by atoms with E-state index in [2.05, 4.69) is 20.0 Å². The van der Waals surface area contributed by atoms with Gasteiger partial charge in [0.15, 0.2) is 0 Å². The SMILES string of the molecule is C[C@H](Nc1nc(Cl)cc(N2C(=O)OC[C@@H]2[C@@H](C)OC(C)(C)C)n1)c1ccc(OC(F)F)cc1. The van der Waals surface area contributed by atoms with Crippen LogP contribution in [-0.2, 0) is 9.47 Å². The van der Waals surface area contributed by atoms with Crippen LogP contribution in [0.4, 0.5) is 25.3 Å². The van der Waals surface area contributed by atoms with Gasteiger partial charge in [0.05, 0.1) is 17.7 Å². The highest BCUT2D eigenvalue weighted by Gasteiger charge is 2.40. The number of hydrogen-bond acceptors (Lipinski definition) is 7. The molecule has 0 unspecified atom stereocenters. The van der Waals surface area contributed by atoms with Gasteiger partial charge in [0.2, 0.25) is 5.95 Å². The van der Waals surface area contributed by atoms with Crippen molar-refractivity contribution in [3.63, 3.8) is 0 Å². The van der Waals surface area contributed by atoms with E-state index in [-0.39, 0.29) is 41.4 Å². The van der Waals surface area contributed by atoms with Gasteiger partial charge in [-0.2, -0.15) is 13.8 Å². The summed E-state index contributed by atoms with van der Waals surface area (Å²) in [7, 11) is 0. The predicted octanol–water partition coefficient (Wildman–Crippen LogP) is 5.43. The van der Waals surface area contributed by atoms with E-state index in [1.54, 1.807) is 12.1 Å². The largest absolute Gasteiger partial charge is 0.447 e. The van der Waals surface area contributed by atoms with Crippen LogP contribution in [0.2, 0.25) is 5.15 Å². The molecule has 1 aromatic heterocycles. The van der Waals surface area contributed by atoms with Gasteiger partial charge >= 0.3 is 12.7 Å². The van der Waals surface area contributed by atoms with E-state index in [0.29, 0.717) is 0 Å². The molecular formula is C22H27ClF2N4O4. The van der Waals surface area contributed by atoms with Crippen LogP contribution in [-0.4, -0.2) is 47.0 Å². The topological polar surface area (TPSA) is 85.8 Å². The quantitative estimate of drug-likeness (QED) is 0.500. The molecule has 33 heavy (non-hydrogen) atoms. The summed E-state index contributed by atoms with van der Waals surface area (Å²) in [5, 5.41) is 3.25. The lowest BCUT2D eigenvalue weighted by Crippen LogP contribution is -2.45. The molecule has 0 spiro atoms. The molecule has 1 aromatic carbocycles. The first-order valence-electron chi connectivity index (χ1n) is 10.4. The molecule has 3 rings (SSSR count). The number of anilines is 2. The Morgan fingerprint density at radius 3 is 2.48 bits per heavy atom. The predicted molar refractivity (Wildman–Crippen MR) is 120 cm³/mol. The zero-order valence-corrected chi connectivity index (χ0v) is 19.8. The molecule has 2 aromatic rings. The molecule has 1 N–H and O–H groups in total. The molecule has 1 amide bonds. The fourth-order valence-corrected chi connectivity index (χ4v) is 3.67. The summed E-state index contributed by atoms with van der Waals surface area (Å²) in [6.45, 7) is 6.79. The molecule has 0 aliphatic carbocycles. The van der Waals surface area contributed by atoms with Gasteiger partial charge < -0.3 is 19.5 Å². The Labute approximate surface area is 196 Å². The number of aromatic nitrogens is 2. The summed E-state index contributed by atoms with van der Waals surface area (Å²) >= 11 is 6.22. The Balaban J connectivity index is 1.79. The number of nitrogens with zero attached hydrogens (tertiary/aromatic N) is 3. The number of benzene rings is 1. The molecule has 0 radical (unpaired) electrons. The number of hydrogen-bond donors (Lipinski definition) is 1. The average molecular weight is 485 g/mol. The molecule has 0 bridgehead atoms. The number of nitrogens with one attached hydrogen (secondary N) is 1. The molecule has 1 aliphatic rings. The number of alkyl halides is 2. The van der Waals surface area contributed by atoms with Crippen molar-refractivity contribution in [1.82, 2.24) is 9.97 Å². The third-order valence-corrected chi connectivity index (χ3v) is 5.06. The van der Waals surface area contributed by atoms with Crippen molar-refractivity contribution >= 4 is 29.5 Å². The maximum absolute atomic E-state index is 12.5. The summed E-state index contributed by atoms with van der Waals surface area (Å²) in [6.07, 6.45) is -0.873. The van der Waals surface area contributed by atoms with Crippen molar-refractivity contribution in [3.05, 3.63) is 41.0 Å². The molecule has 0 saturated carbocycles. The molecule has 1 aliphatic heterocycles. The number of amides is 1. The average Bonchev–Trinajstić information content (AvgIpc) is 3.08. The maximum Gasteiger partial charge on any atom is 0.416 e. The highest BCUT2D eigenvalue weighted by molar-refractivity contribution is 6.29. The van der Waals surface area contributed by atoms with Crippen molar-refractivity contribution in [1.29, 1.82) is 0 Å². The number of rotatable bonds is 8. The Bertz CT molecular complexity index is 972. The minimum atomic E-state index is -2.89. The lowest BCUT2D eigenvalue weighted by molar-refractivity contribution is -0.0618. The monoisotopic (exact) mass is 484 g/mol. The van der Waals surface area contributed by atoms with E-state index in [9.17, 15) is 13.6 Å². The molecule has 180 valence electrons. The Hall–Kier alpha value is -2.72. The van der Waals surface area contributed by atoms with Gasteiger partial charge in [-0.1, -0.05) is 23.7 Å². The lowest BCUT2D eigenvalue weighted by Gasteiger charge is -2.31. The molecule has 2 heterocycles. The molecular weight excluding hydrogens is 458 g/mol. The van der Waals surface area contributed by atoms with E-state index in [1.807, 2.05) is 34.6 Å². The second-order valence-electron chi connectivity index (χ2n) is 8.64. The van der Waals surface area contributed by atoms with Gasteiger partial charge in [-0.25, -0.2) is 9.78 Å². The van der Waals surface area contributed by atoms with Gasteiger partial charge in [0.1, 0.15) is 29.4 Å². The van der Waals surface area contributed by atoms with E-state index in [0.717, 1.165) is 5.56 Å². The standard InChI is InChI=1S/C22H27ClF2N4O4/c1-12(14-6-8-15(9-7-14)32-19(24)25)26-20-27-17(23)10-18(28-20)29-16(11-31-21(29)30)13(2)33-22(3,4)5/h6-10,12-13,16,19H,11H2,1-5H3,(H,26,27,28)/t12-,13+,16+/m0/s1. The molecule has 1 saturated heterocycles. The third-order valence-electron chi connectivity index (χ3n) is 4.87. The fourth-order valence-electron chi connectivity index (χ4n) is 3.49. The van der Waals surface area contributed by atoms with E-state index < -0.39 is 24.3 Å². The van der Waals surface area contributed by atoms with E-state index >= 15 is 0 Å². The molecule has 11 heteroatoms. The second-order valence-corrected chi connectivity index (χ2v) is 9.02. The number of ether oxygens (including phenoxy) is 3. The summed E-state index contributed by atoms with van der Waals surface area (Å²) in [6, 6.07) is 7.01. The van der Waals surface area contributed by atoms with Crippen LogP contribution in [0.1, 0.15) is 46.2 Å². The fraction of sp³-hybridized carbons (Fsp3) is 0.500. The molecule has 1 fully saturated rings. The highest BCUT2D eigenvalue weighted by atomic mass is 35.5. The summed E-state index contributed by atoms with van der Waals surface area (Å²) < 4.78 is 40.3. The number of carbonyl (C=O) groups excluding carboxylic acids is 1. The van der Waals surface area contributed by atoms with Crippen molar-refractivity contribution < 1.29 is 27.8 Å². The summed E-state index contributed by atoms with van der Waals surface area (Å²) in [4.78, 5) is 22.5. The van der Waals surface area contributed by atoms with Crippen LogP contribution in [0.3, 0.4) is 0 Å². The van der Waals surface area contributed by atoms with Crippen molar-refractivity contribution in [2.75, 3.05) is 16.8 Å². The normalized spacial score (nSPS) is 18.3. The van der Waals surface area contributed by atoms with Crippen LogP contribution in [0.25, 0.3) is 0 Å². The third kappa shape index (κ3) is 6.64. The van der Waals surface area contributed by atoms with Crippen molar-refractivity contribution in [2.24, 2.45) is 0 Å². The van der Waals surface area contributed by atoms with Crippen LogP contribution < -0.4 is 15.0 Å². The zero-order chi connectivity index (χ0) is 24.3. The van der Waals surface area contributed by atoms with Gasteiger partial charge in [-0.15, -0.1) is 0 Å². The highest BCUT2D eigenvalue weighted by Crippen LogP contribution is 2.29. The van der Waals surface area contributed by atoms with Gasteiger partial charge in [-0.05, 0) is 52.3 Å². The Kier molecular flexibility index (Phi) is 7.58. The first kappa shape index (κ1) is 24.9. The number of carbonyl (C=O) groups is 1.